The van der Waals surface area contributed by atoms with Gasteiger partial charge in [0.25, 0.3) is 0 Å². The lowest BCUT2D eigenvalue weighted by atomic mass is 10.1. The Balaban J connectivity index is 2.23. The van der Waals surface area contributed by atoms with E-state index in [0.717, 1.165) is 28.0 Å². The molecule has 1 heterocycles. The molecule has 1 aromatic carbocycles. The Hall–Kier alpha value is -1.62. The standard InChI is InChI=1S/C16H20BrN3O/c1-4-18-15-14(11(2)3)16(20-10-19-15)21-9-12-7-5-6-8-13(12)17/h5-8,10-11H,4,9H2,1-3H3,(H,18,19,20). The zero-order valence-corrected chi connectivity index (χ0v) is 14.1. The van der Waals surface area contributed by atoms with Crippen LogP contribution in [0.25, 0.3) is 0 Å². The van der Waals surface area contributed by atoms with Crippen molar-refractivity contribution < 1.29 is 4.74 Å². The summed E-state index contributed by atoms with van der Waals surface area (Å²) >= 11 is 3.53. The maximum atomic E-state index is 5.93. The molecule has 2 aromatic rings. The maximum absolute atomic E-state index is 5.93. The predicted octanol–water partition coefficient (Wildman–Crippen LogP) is 4.37. The summed E-state index contributed by atoms with van der Waals surface area (Å²) in [6.07, 6.45) is 1.54. The van der Waals surface area contributed by atoms with Crippen molar-refractivity contribution in [2.24, 2.45) is 0 Å². The topological polar surface area (TPSA) is 47.0 Å². The van der Waals surface area contributed by atoms with E-state index in [1.807, 2.05) is 31.2 Å². The fourth-order valence-electron chi connectivity index (χ4n) is 2.08. The summed E-state index contributed by atoms with van der Waals surface area (Å²) in [5, 5.41) is 3.27. The number of hydrogen-bond acceptors (Lipinski definition) is 4. The van der Waals surface area contributed by atoms with E-state index < -0.39 is 0 Å². The molecule has 0 saturated heterocycles. The molecule has 0 aliphatic rings. The van der Waals surface area contributed by atoms with Gasteiger partial charge in [-0.25, -0.2) is 9.97 Å². The second kappa shape index (κ2) is 7.41. The highest BCUT2D eigenvalue weighted by molar-refractivity contribution is 9.10. The van der Waals surface area contributed by atoms with Gasteiger partial charge in [-0.3, -0.25) is 0 Å². The zero-order valence-electron chi connectivity index (χ0n) is 12.6. The molecule has 1 aromatic heterocycles. The number of nitrogens with zero attached hydrogens (tertiary/aromatic N) is 2. The molecule has 112 valence electrons. The average molecular weight is 350 g/mol. The lowest BCUT2D eigenvalue weighted by Crippen LogP contribution is -2.09. The molecule has 0 fully saturated rings. The van der Waals surface area contributed by atoms with Gasteiger partial charge in [-0.15, -0.1) is 0 Å². The molecule has 0 amide bonds. The largest absolute Gasteiger partial charge is 0.472 e. The van der Waals surface area contributed by atoms with Gasteiger partial charge in [0, 0.05) is 16.6 Å². The molecule has 5 heteroatoms. The van der Waals surface area contributed by atoms with Crippen molar-refractivity contribution in [1.29, 1.82) is 0 Å². The van der Waals surface area contributed by atoms with Crippen molar-refractivity contribution >= 4 is 21.7 Å². The number of anilines is 1. The lowest BCUT2D eigenvalue weighted by molar-refractivity contribution is 0.288. The molecule has 2 rings (SSSR count). The quantitative estimate of drug-likeness (QED) is 0.840. The van der Waals surface area contributed by atoms with Crippen LogP contribution in [0.2, 0.25) is 0 Å². The van der Waals surface area contributed by atoms with E-state index in [9.17, 15) is 0 Å². The van der Waals surface area contributed by atoms with Crippen LogP contribution < -0.4 is 10.1 Å². The van der Waals surface area contributed by atoms with Gasteiger partial charge in [0.2, 0.25) is 5.88 Å². The number of ether oxygens (including phenoxy) is 1. The van der Waals surface area contributed by atoms with Crippen LogP contribution in [0.15, 0.2) is 35.1 Å². The minimum Gasteiger partial charge on any atom is -0.472 e. The third-order valence-electron chi connectivity index (χ3n) is 3.09. The first-order chi connectivity index (χ1) is 10.1. The third-order valence-corrected chi connectivity index (χ3v) is 3.86. The minimum absolute atomic E-state index is 0.287. The van der Waals surface area contributed by atoms with Crippen LogP contribution >= 0.6 is 15.9 Å². The summed E-state index contributed by atoms with van der Waals surface area (Å²) in [6.45, 7) is 7.58. The summed E-state index contributed by atoms with van der Waals surface area (Å²) in [4.78, 5) is 8.61. The van der Waals surface area contributed by atoms with Gasteiger partial charge >= 0.3 is 0 Å². The number of halogens is 1. The van der Waals surface area contributed by atoms with Crippen LogP contribution in [0.1, 0.15) is 37.8 Å². The summed E-state index contributed by atoms with van der Waals surface area (Å²) in [7, 11) is 0. The smallest absolute Gasteiger partial charge is 0.222 e. The molecule has 0 spiro atoms. The van der Waals surface area contributed by atoms with Gasteiger partial charge in [0.05, 0.1) is 5.56 Å². The molecule has 0 atom stereocenters. The number of nitrogens with one attached hydrogen (secondary N) is 1. The van der Waals surface area contributed by atoms with Gasteiger partial charge in [-0.1, -0.05) is 48.0 Å². The Bertz CT molecular complexity index is 602. The molecule has 0 aliphatic heterocycles. The third kappa shape index (κ3) is 3.94. The molecule has 4 nitrogen and oxygen atoms in total. The highest BCUT2D eigenvalue weighted by Crippen LogP contribution is 2.30. The van der Waals surface area contributed by atoms with E-state index in [4.69, 9.17) is 4.74 Å². The van der Waals surface area contributed by atoms with Crippen molar-refractivity contribution in [2.75, 3.05) is 11.9 Å². The van der Waals surface area contributed by atoms with Crippen LogP contribution in [0.3, 0.4) is 0 Å². The van der Waals surface area contributed by atoms with Crippen molar-refractivity contribution in [1.82, 2.24) is 9.97 Å². The van der Waals surface area contributed by atoms with Crippen molar-refractivity contribution in [3.8, 4) is 5.88 Å². The molecule has 0 bridgehead atoms. The summed E-state index contributed by atoms with van der Waals surface area (Å²) < 4.78 is 6.97. The van der Waals surface area contributed by atoms with Crippen LogP contribution in [-0.2, 0) is 6.61 Å². The molecular weight excluding hydrogens is 330 g/mol. The highest BCUT2D eigenvalue weighted by atomic mass is 79.9. The maximum Gasteiger partial charge on any atom is 0.222 e. The van der Waals surface area contributed by atoms with Crippen LogP contribution in [0, 0.1) is 0 Å². The van der Waals surface area contributed by atoms with Crippen molar-refractivity contribution in [2.45, 2.75) is 33.3 Å². The SMILES string of the molecule is CCNc1ncnc(OCc2ccccc2Br)c1C(C)C. The van der Waals surface area contributed by atoms with Crippen molar-refractivity contribution in [3.05, 3.63) is 46.2 Å². The number of aromatic nitrogens is 2. The second-order valence-corrected chi connectivity index (χ2v) is 5.86. The lowest BCUT2D eigenvalue weighted by Gasteiger charge is -2.17. The fraction of sp³-hybridized carbons (Fsp3) is 0.375. The molecule has 21 heavy (non-hydrogen) atoms. The number of rotatable bonds is 6. The summed E-state index contributed by atoms with van der Waals surface area (Å²) in [6, 6.07) is 8.02. The molecule has 0 unspecified atom stereocenters. The van der Waals surface area contributed by atoms with Gasteiger partial charge in [0.15, 0.2) is 0 Å². The van der Waals surface area contributed by atoms with E-state index in [-0.39, 0.29) is 5.92 Å². The van der Waals surface area contributed by atoms with Crippen molar-refractivity contribution in [3.63, 3.8) is 0 Å². The predicted molar refractivity (Wildman–Crippen MR) is 88.8 cm³/mol. The Labute approximate surface area is 134 Å². The van der Waals surface area contributed by atoms with Gasteiger partial charge in [0.1, 0.15) is 18.8 Å². The van der Waals surface area contributed by atoms with Crippen LogP contribution in [-0.4, -0.2) is 16.5 Å². The van der Waals surface area contributed by atoms with Crippen LogP contribution in [0.5, 0.6) is 5.88 Å². The monoisotopic (exact) mass is 349 g/mol. The molecule has 0 aliphatic carbocycles. The average Bonchev–Trinajstić information content (AvgIpc) is 2.46. The zero-order chi connectivity index (χ0) is 15.2. The summed E-state index contributed by atoms with van der Waals surface area (Å²) in [5.41, 5.74) is 2.11. The van der Waals surface area contributed by atoms with E-state index in [2.05, 4.69) is 45.1 Å². The van der Waals surface area contributed by atoms with Gasteiger partial charge in [-0.2, -0.15) is 0 Å². The molecular formula is C16H20BrN3O. The molecule has 0 saturated carbocycles. The second-order valence-electron chi connectivity index (χ2n) is 5.01. The molecule has 0 radical (unpaired) electrons. The Morgan fingerprint density at radius 1 is 1.24 bits per heavy atom. The first-order valence-electron chi connectivity index (χ1n) is 7.08. The van der Waals surface area contributed by atoms with Gasteiger partial charge < -0.3 is 10.1 Å². The summed E-state index contributed by atoms with van der Waals surface area (Å²) in [5.74, 6) is 1.78. The normalized spacial score (nSPS) is 10.7. The van der Waals surface area contributed by atoms with Crippen LogP contribution in [0.4, 0.5) is 5.82 Å². The Morgan fingerprint density at radius 3 is 2.67 bits per heavy atom. The highest BCUT2D eigenvalue weighted by Gasteiger charge is 2.16. The van der Waals surface area contributed by atoms with Gasteiger partial charge in [-0.05, 0) is 18.9 Å². The first kappa shape index (κ1) is 15.8. The van der Waals surface area contributed by atoms with E-state index >= 15 is 0 Å². The first-order valence-corrected chi connectivity index (χ1v) is 7.87. The fourth-order valence-corrected chi connectivity index (χ4v) is 2.48. The number of hydrogen-bond donors (Lipinski definition) is 1. The Kier molecular flexibility index (Phi) is 5.56. The van der Waals surface area contributed by atoms with E-state index in [1.165, 1.54) is 0 Å². The number of benzene rings is 1. The van der Waals surface area contributed by atoms with E-state index in [1.54, 1.807) is 6.33 Å². The minimum atomic E-state index is 0.287. The molecule has 1 N–H and O–H groups in total. The van der Waals surface area contributed by atoms with E-state index in [0.29, 0.717) is 12.5 Å². The Morgan fingerprint density at radius 2 is 2.00 bits per heavy atom.